The van der Waals surface area contributed by atoms with Crippen molar-refractivity contribution < 1.29 is 13.6 Å². The zero-order chi connectivity index (χ0) is 11.0. The van der Waals surface area contributed by atoms with Gasteiger partial charge < -0.3 is 4.55 Å². The summed E-state index contributed by atoms with van der Waals surface area (Å²) < 4.78 is 21.8. The molecule has 0 saturated carbocycles. The van der Waals surface area contributed by atoms with Crippen molar-refractivity contribution in [1.82, 2.24) is 0 Å². The van der Waals surface area contributed by atoms with Gasteiger partial charge in [0.25, 0.3) is 0 Å². The van der Waals surface area contributed by atoms with Gasteiger partial charge in [0, 0.05) is 16.5 Å². The molecule has 0 amide bonds. The molecule has 15 heavy (non-hydrogen) atoms. The van der Waals surface area contributed by atoms with Gasteiger partial charge in [0.2, 0.25) is 5.78 Å². The zero-order valence-electron chi connectivity index (χ0n) is 7.52. The Morgan fingerprint density at radius 1 is 1.20 bits per heavy atom. The van der Waals surface area contributed by atoms with Crippen LogP contribution in [0.1, 0.15) is 11.1 Å². The summed E-state index contributed by atoms with van der Waals surface area (Å²) in [6, 6.07) is 6.48. The number of hydrogen-bond donors (Lipinski definition) is 1. The maximum Gasteiger partial charge on any atom is 0.205 e. The highest BCUT2D eigenvalue weighted by atomic mass is 32.2. The monoisotopic (exact) mass is 220 g/mol. The van der Waals surface area contributed by atoms with Crippen LogP contribution < -0.4 is 0 Å². The summed E-state index contributed by atoms with van der Waals surface area (Å²) in [4.78, 5) is 11.2. The third-order valence-electron chi connectivity index (χ3n) is 2.15. The average Bonchev–Trinajstić information content (AvgIpc) is 2.23. The minimum absolute atomic E-state index is 0.0494. The summed E-state index contributed by atoms with van der Waals surface area (Å²) in [6.07, 6.45) is 0.980. The Kier molecular flexibility index (Phi) is 2.34. The molecule has 76 valence electrons. The van der Waals surface area contributed by atoms with E-state index in [1.165, 1.54) is 0 Å². The Morgan fingerprint density at radius 3 is 2.40 bits per heavy atom. The van der Waals surface area contributed by atoms with Crippen molar-refractivity contribution >= 4 is 27.5 Å². The van der Waals surface area contributed by atoms with Gasteiger partial charge in [-0.1, -0.05) is 24.3 Å². The van der Waals surface area contributed by atoms with E-state index in [4.69, 9.17) is 5.41 Å². The Morgan fingerprint density at radius 2 is 1.80 bits per heavy atom. The number of fused-ring (bicyclic) bond motifs is 1. The number of carbonyl (C=O) groups is 1. The molecule has 1 aliphatic rings. The summed E-state index contributed by atoms with van der Waals surface area (Å²) in [5, 5.41) is 7.51. The first-order valence-electron chi connectivity index (χ1n) is 4.15. The highest BCUT2D eigenvalue weighted by Gasteiger charge is 2.22. The molecule has 0 fully saturated rings. The molecule has 1 unspecified atom stereocenters. The molecule has 0 heterocycles. The largest absolute Gasteiger partial charge is 0.768 e. The van der Waals surface area contributed by atoms with E-state index in [1.807, 2.05) is 0 Å². The Hall–Kier alpha value is -1.59. The lowest BCUT2D eigenvalue weighted by Crippen LogP contribution is -2.19. The summed E-state index contributed by atoms with van der Waals surface area (Å²) in [5.74, 6) is -0.576. The van der Waals surface area contributed by atoms with Gasteiger partial charge in [-0.25, -0.2) is 0 Å². The second-order valence-electron chi connectivity index (χ2n) is 3.03. The molecule has 1 aliphatic carbocycles. The number of rotatable bonds is 1. The quantitative estimate of drug-likeness (QED) is 0.712. The maximum atomic E-state index is 11.3. The molecule has 0 aliphatic heterocycles. The molecule has 0 aromatic heterocycles. The number of ketones is 1. The van der Waals surface area contributed by atoms with E-state index in [9.17, 15) is 13.6 Å². The smallest absolute Gasteiger partial charge is 0.205 e. The van der Waals surface area contributed by atoms with Gasteiger partial charge >= 0.3 is 0 Å². The fraction of sp³-hybridized carbons (Fsp3) is 0. The van der Waals surface area contributed by atoms with Crippen LogP contribution in [0.2, 0.25) is 0 Å². The van der Waals surface area contributed by atoms with Gasteiger partial charge in [0.15, 0.2) is 0 Å². The molecular weight excluding hydrogens is 214 g/mol. The normalized spacial score (nSPS) is 17.0. The number of nitrogens with one attached hydrogen (secondary N) is 1. The van der Waals surface area contributed by atoms with Gasteiger partial charge in [-0.3, -0.25) is 14.4 Å². The van der Waals surface area contributed by atoms with Crippen molar-refractivity contribution in [1.29, 1.82) is 5.41 Å². The predicted molar refractivity (Wildman–Crippen MR) is 55.2 cm³/mol. The Balaban J connectivity index is 2.71. The number of hydrogen-bond acceptors (Lipinski definition) is 4. The second-order valence-corrected chi connectivity index (χ2v) is 3.94. The van der Waals surface area contributed by atoms with Gasteiger partial charge in [-0.05, 0) is 16.6 Å². The van der Waals surface area contributed by atoms with Crippen LogP contribution in [0, 0.1) is 5.41 Å². The molecule has 1 N–H and O–H groups in total. The van der Waals surface area contributed by atoms with Crippen molar-refractivity contribution in [3.05, 3.63) is 41.5 Å². The van der Waals surface area contributed by atoms with Gasteiger partial charge in [0.1, 0.15) is 5.71 Å². The number of carbonyl (C=O) groups excluding carboxylic acids is 1. The SMILES string of the molecule is N=C1C(=O)C=C(S(=O)[O-])c2ccccc21. The lowest BCUT2D eigenvalue weighted by molar-refractivity contribution is -0.108. The molecule has 5 heteroatoms. The molecular formula is C10H6NO3S-. The molecule has 0 saturated heterocycles. The lowest BCUT2D eigenvalue weighted by atomic mass is 9.95. The summed E-state index contributed by atoms with van der Waals surface area (Å²) in [5.41, 5.74) is 0.611. The standard InChI is InChI=1S/C10H7NO3S/c11-10-7-4-2-1-3-6(7)9(15(13)14)5-8(10)12/h1-5,11H,(H,13,14)/p-1. The van der Waals surface area contributed by atoms with Gasteiger partial charge in [0.05, 0.1) is 0 Å². The van der Waals surface area contributed by atoms with Gasteiger partial charge in [-0.2, -0.15) is 0 Å². The minimum atomic E-state index is -2.46. The van der Waals surface area contributed by atoms with Crippen LogP contribution in [0.25, 0.3) is 4.91 Å². The molecule has 2 rings (SSSR count). The van der Waals surface area contributed by atoms with Crippen molar-refractivity contribution in [2.24, 2.45) is 0 Å². The van der Waals surface area contributed by atoms with E-state index in [0.29, 0.717) is 11.1 Å². The molecule has 0 bridgehead atoms. The third-order valence-corrected chi connectivity index (χ3v) is 2.85. The summed E-state index contributed by atoms with van der Waals surface area (Å²) >= 11 is -2.46. The van der Waals surface area contributed by atoms with E-state index >= 15 is 0 Å². The lowest BCUT2D eigenvalue weighted by Gasteiger charge is -2.18. The van der Waals surface area contributed by atoms with Crippen LogP contribution in [0.4, 0.5) is 0 Å². The molecule has 1 aromatic carbocycles. The van der Waals surface area contributed by atoms with E-state index in [2.05, 4.69) is 0 Å². The highest BCUT2D eigenvalue weighted by Crippen LogP contribution is 2.26. The van der Waals surface area contributed by atoms with E-state index in [1.54, 1.807) is 24.3 Å². The fourth-order valence-electron chi connectivity index (χ4n) is 1.46. The Bertz CT molecular complexity index is 519. The van der Waals surface area contributed by atoms with Crippen LogP contribution in [-0.2, 0) is 15.9 Å². The topological polar surface area (TPSA) is 81.0 Å². The number of benzene rings is 1. The van der Waals surface area contributed by atoms with Crippen molar-refractivity contribution in [2.45, 2.75) is 0 Å². The van der Waals surface area contributed by atoms with Crippen LogP contribution in [0.15, 0.2) is 30.3 Å². The predicted octanol–water partition coefficient (Wildman–Crippen LogP) is 0.857. The van der Waals surface area contributed by atoms with Crippen molar-refractivity contribution in [2.75, 3.05) is 0 Å². The molecule has 0 spiro atoms. The third kappa shape index (κ3) is 1.55. The highest BCUT2D eigenvalue weighted by molar-refractivity contribution is 7.89. The first kappa shape index (κ1) is 9.95. The fourth-order valence-corrected chi connectivity index (χ4v) is 2.02. The van der Waals surface area contributed by atoms with Crippen LogP contribution in [-0.4, -0.2) is 20.3 Å². The zero-order valence-corrected chi connectivity index (χ0v) is 8.34. The molecule has 1 aromatic rings. The molecule has 4 nitrogen and oxygen atoms in total. The van der Waals surface area contributed by atoms with E-state index in [0.717, 1.165) is 6.08 Å². The number of allylic oxidation sites excluding steroid dienone is 1. The summed E-state index contributed by atoms with van der Waals surface area (Å²) in [6.45, 7) is 0. The second kappa shape index (κ2) is 3.52. The van der Waals surface area contributed by atoms with Gasteiger partial charge in [-0.15, -0.1) is 0 Å². The Labute approximate surface area is 88.4 Å². The summed E-state index contributed by atoms with van der Waals surface area (Å²) in [7, 11) is 0. The van der Waals surface area contributed by atoms with E-state index < -0.39 is 16.9 Å². The van der Waals surface area contributed by atoms with E-state index in [-0.39, 0.29) is 10.6 Å². The van der Waals surface area contributed by atoms with Crippen LogP contribution >= 0.6 is 0 Å². The maximum absolute atomic E-state index is 11.3. The average molecular weight is 220 g/mol. The van der Waals surface area contributed by atoms with Crippen molar-refractivity contribution in [3.8, 4) is 0 Å². The van der Waals surface area contributed by atoms with Crippen LogP contribution in [0.5, 0.6) is 0 Å². The minimum Gasteiger partial charge on any atom is -0.768 e. The van der Waals surface area contributed by atoms with Crippen LogP contribution in [0.3, 0.4) is 0 Å². The molecule has 1 atom stereocenters. The molecule has 0 radical (unpaired) electrons. The van der Waals surface area contributed by atoms with Crippen molar-refractivity contribution in [3.63, 3.8) is 0 Å². The first-order valence-corrected chi connectivity index (χ1v) is 5.22. The first-order chi connectivity index (χ1) is 7.11.